The molecule has 6 rings (SSSR count). The summed E-state index contributed by atoms with van der Waals surface area (Å²) in [5.74, 6) is 2.30. The first-order valence-corrected chi connectivity index (χ1v) is 11.9. The summed E-state index contributed by atoms with van der Waals surface area (Å²) in [4.78, 5) is 12.0. The Morgan fingerprint density at radius 1 is 1.06 bits per heavy atom. The van der Waals surface area contributed by atoms with Crippen LogP contribution in [0.2, 0.25) is 0 Å². The van der Waals surface area contributed by atoms with Crippen LogP contribution in [0.15, 0.2) is 47.1 Å². The van der Waals surface area contributed by atoms with Gasteiger partial charge in [0.05, 0.1) is 12.0 Å². The fraction of sp³-hybridized carbons (Fsp3) is 0.520. The zero-order chi connectivity index (χ0) is 21.5. The number of piperazine rings is 1. The van der Waals surface area contributed by atoms with Crippen molar-refractivity contribution in [2.24, 2.45) is 5.92 Å². The van der Waals surface area contributed by atoms with Crippen LogP contribution in [0.3, 0.4) is 0 Å². The molecule has 168 valence electrons. The molecule has 5 heterocycles. The number of anilines is 1. The van der Waals surface area contributed by atoms with Crippen molar-refractivity contribution in [3.05, 3.63) is 48.2 Å². The Labute approximate surface area is 188 Å². The zero-order valence-corrected chi connectivity index (χ0v) is 18.7. The number of pyridine rings is 1. The molecule has 3 aromatic rings. The highest BCUT2D eigenvalue weighted by molar-refractivity contribution is 5.88. The topological polar surface area (TPSA) is 57.6 Å². The quantitative estimate of drug-likeness (QED) is 0.552. The van der Waals surface area contributed by atoms with E-state index in [0.29, 0.717) is 12.0 Å². The number of para-hydroxylation sites is 1. The van der Waals surface area contributed by atoms with Gasteiger partial charge in [-0.2, -0.15) is 0 Å². The smallest absolute Gasteiger partial charge is 0.213 e. The molecule has 4 atom stereocenters. The van der Waals surface area contributed by atoms with Gasteiger partial charge in [-0.05, 0) is 37.5 Å². The Bertz CT molecular complexity index is 1070. The minimum absolute atomic E-state index is 0.561. The summed E-state index contributed by atoms with van der Waals surface area (Å²) in [7, 11) is 0. The van der Waals surface area contributed by atoms with E-state index >= 15 is 0 Å². The Hall–Kier alpha value is -2.64. The number of rotatable bonds is 6. The third kappa shape index (κ3) is 4.07. The first-order valence-electron chi connectivity index (χ1n) is 11.9. The van der Waals surface area contributed by atoms with Crippen molar-refractivity contribution in [1.82, 2.24) is 19.9 Å². The lowest BCUT2D eigenvalue weighted by atomic mass is 9.91. The summed E-state index contributed by atoms with van der Waals surface area (Å²) >= 11 is 0. The Morgan fingerprint density at radius 2 is 1.97 bits per heavy atom. The lowest BCUT2D eigenvalue weighted by Crippen LogP contribution is -2.57. The number of nitrogens with zero attached hydrogens (tertiary/aromatic N) is 5. The average Bonchev–Trinajstić information content (AvgIpc) is 3.35. The van der Waals surface area contributed by atoms with Crippen LogP contribution in [-0.2, 0) is 6.54 Å². The fourth-order valence-corrected chi connectivity index (χ4v) is 5.23. The number of fused-ring (bicyclic) bond motifs is 2. The Kier molecular flexibility index (Phi) is 5.23. The van der Waals surface area contributed by atoms with E-state index in [1.807, 2.05) is 24.4 Å². The first-order chi connectivity index (χ1) is 15.7. The van der Waals surface area contributed by atoms with Crippen molar-refractivity contribution in [2.75, 3.05) is 44.2 Å². The molecular formula is C25H31N5O2. The SMILES string of the molecule is CC1CN1Cc1ccc(OC[C@@H]2CC[C@@H]3CN(c4noc5ccccc45)CCN3C2)nc1. The van der Waals surface area contributed by atoms with Crippen molar-refractivity contribution in [1.29, 1.82) is 0 Å². The predicted molar refractivity (Wildman–Crippen MR) is 124 cm³/mol. The van der Waals surface area contributed by atoms with E-state index in [-0.39, 0.29) is 0 Å². The molecule has 0 spiro atoms. The lowest BCUT2D eigenvalue weighted by Gasteiger charge is -2.46. The molecule has 3 aliphatic heterocycles. The van der Waals surface area contributed by atoms with Gasteiger partial charge < -0.3 is 14.2 Å². The van der Waals surface area contributed by atoms with Crippen molar-refractivity contribution in [3.8, 4) is 5.88 Å². The van der Waals surface area contributed by atoms with E-state index in [0.717, 1.165) is 68.0 Å². The number of piperidine rings is 1. The zero-order valence-electron chi connectivity index (χ0n) is 18.7. The molecule has 3 saturated heterocycles. The maximum Gasteiger partial charge on any atom is 0.213 e. The van der Waals surface area contributed by atoms with E-state index in [2.05, 4.69) is 50.0 Å². The highest BCUT2D eigenvalue weighted by Crippen LogP contribution is 2.31. The molecule has 3 aliphatic rings. The number of aromatic nitrogens is 2. The maximum absolute atomic E-state index is 6.07. The molecule has 0 bridgehead atoms. The van der Waals surface area contributed by atoms with Gasteiger partial charge in [0.15, 0.2) is 11.4 Å². The van der Waals surface area contributed by atoms with E-state index in [4.69, 9.17) is 9.26 Å². The van der Waals surface area contributed by atoms with Gasteiger partial charge in [-0.25, -0.2) is 4.98 Å². The van der Waals surface area contributed by atoms with Crippen molar-refractivity contribution >= 4 is 16.8 Å². The van der Waals surface area contributed by atoms with Gasteiger partial charge in [-0.1, -0.05) is 23.4 Å². The largest absolute Gasteiger partial charge is 0.477 e. The van der Waals surface area contributed by atoms with Gasteiger partial charge in [-0.15, -0.1) is 0 Å². The van der Waals surface area contributed by atoms with Crippen LogP contribution in [0, 0.1) is 5.92 Å². The van der Waals surface area contributed by atoms with Crippen LogP contribution < -0.4 is 9.64 Å². The Morgan fingerprint density at radius 3 is 2.81 bits per heavy atom. The molecule has 32 heavy (non-hydrogen) atoms. The van der Waals surface area contributed by atoms with E-state index < -0.39 is 0 Å². The monoisotopic (exact) mass is 433 g/mol. The maximum atomic E-state index is 6.07. The summed E-state index contributed by atoms with van der Waals surface area (Å²) in [5.41, 5.74) is 2.13. The Balaban J connectivity index is 1.01. The van der Waals surface area contributed by atoms with Crippen molar-refractivity contribution < 1.29 is 9.26 Å². The molecule has 0 saturated carbocycles. The normalized spacial score (nSPS) is 28.0. The fourth-order valence-electron chi connectivity index (χ4n) is 5.23. The summed E-state index contributed by atoms with van der Waals surface area (Å²) in [6, 6.07) is 13.6. The molecule has 7 nitrogen and oxygen atoms in total. The van der Waals surface area contributed by atoms with Crippen LogP contribution >= 0.6 is 0 Å². The van der Waals surface area contributed by atoms with Gasteiger partial charge in [-0.3, -0.25) is 9.80 Å². The molecular weight excluding hydrogens is 402 g/mol. The van der Waals surface area contributed by atoms with Gasteiger partial charge >= 0.3 is 0 Å². The summed E-state index contributed by atoms with van der Waals surface area (Å²) in [6.45, 7) is 9.36. The van der Waals surface area contributed by atoms with Crippen molar-refractivity contribution in [3.63, 3.8) is 0 Å². The molecule has 2 unspecified atom stereocenters. The molecule has 0 radical (unpaired) electrons. The molecule has 0 amide bonds. The van der Waals surface area contributed by atoms with E-state index in [9.17, 15) is 0 Å². The molecule has 2 aromatic heterocycles. The lowest BCUT2D eigenvalue weighted by molar-refractivity contribution is 0.0717. The molecule has 7 heteroatoms. The highest BCUT2D eigenvalue weighted by Gasteiger charge is 2.34. The predicted octanol–water partition coefficient (Wildman–Crippen LogP) is 3.41. The van der Waals surface area contributed by atoms with Gasteiger partial charge in [0.1, 0.15) is 0 Å². The third-order valence-electron chi connectivity index (χ3n) is 7.30. The van der Waals surface area contributed by atoms with Gasteiger partial charge in [0, 0.05) is 69.5 Å². The third-order valence-corrected chi connectivity index (χ3v) is 7.30. The number of benzene rings is 1. The first kappa shape index (κ1) is 20.0. The van der Waals surface area contributed by atoms with Crippen LogP contribution in [-0.4, -0.2) is 71.4 Å². The molecule has 0 aliphatic carbocycles. The van der Waals surface area contributed by atoms with E-state index in [1.54, 1.807) is 0 Å². The molecule has 1 aromatic carbocycles. The number of ether oxygens (including phenoxy) is 1. The number of hydrogen-bond donors (Lipinski definition) is 0. The van der Waals surface area contributed by atoms with Gasteiger partial charge in [0.2, 0.25) is 5.88 Å². The summed E-state index contributed by atoms with van der Waals surface area (Å²) < 4.78 is 11.6. The number of hydrogen-bond acceptors (Lipinski definition) is 7. The van der Waals surface area contributed by atoms with Crippen LogP contribution in [0.25, 0.3) is 11.0 Å². The molecule has 3 fully saturated rings. The van der Waals surface area contributed by atoms with Crippen LogP contribution in [0.4, 0.5) is 5.82 Å². The summed E-state index contributed by atoms with van der Waals surface area (Å²) in [6.07, 6.45) is 4.35. The minimum atomic E-state index is 0.561. The van der Waals surface area contributed by atoms with E-state index in [1.165, 1.54) is 24.9 Å². The van der Waals surface area contributed by atoms with Crippen molar-refractivity contribution in [2.45, 2.75) is 38.4 Å². The second-order valence-corrected chi connectivity index (χ2v) is 9.63. The highest BCUT2D eigenvalue weighted by atomic mass is 16.5. The van der Waals surface area contributed by atoms with Crippen LogP contribution in [0.5, 0.6) is 5.88 Å². The van der Waals surface area contributed by atoms with Crippen LogP contribution in [0.1, 0.15) is 25.3 Å². The minimum Gasteiger partial charge on any atom is -0.477 e. The standard InChI is InChI=1S/C25H31N5O2/c1-18-13-30(18)14-19-7-9-24(26-12-19)31-17-20-6-8-21-16-29(11-10-28(21)15-20)25-22-4-2-3-5-23(22)32-27-25/h2-5,7,9,12,18,20-21H,6,8,10-11,13-17H2,1H3/t18?,20-,21-,30?/m1/s1. The summed E-state index contributed by atoms with van der Waals surface area (Å²) in [5, 5.41) is 5.48. The molecule has 0 N–H and O–H groups in total. The second kappa shape index (κ2) is 8.37. The average molecular weight is 434 g/mol. The second-order valence-electron chi connectivity index (χ2n) is 9.63. The van der Waals surface area contributed by atoms with Gasteiger partial charge in [0.25, 0.3) is 0 Å².